The summed E-state index contributed by atoms with van der Waals surface area (Å²) in [5.74, 6) is -3.19. The van der Waals surface area contributed by atoms with Crippen LogP contribution in [0.3, 0.4) is 0 Å². The highest BCUT2D eigenvalue weighted by Gasteiger charge is 2.17. The van der Waals surface area contributed by atoms with Crippen LogP contribution in [0.4, 0.5) is 8.78 Å². The molecule has 0 saturated carbocycles. The number of halogens is 2. The van der Waals surface area contributed by atoms with Gasteiger partial charge in [-0.1, -0.05) is 38.5 Å². The quantitative estimate of drug-likeness (QED) is 0.591. The van der Waals surface area contributed by atoms with Crippen LogP contribution in [0.15, 0.2) is 36.4 Å². The van der Waals surface area contributed by atoms with Gasteiger partial charge in [0, 0.05) is 0 Å². The van der Waals surface area contributed by atoms with Gasteiger partial charge in [-0.15, -0.1) is 0 Å². The summed E-state index contributed by atoms with van der Waals surface area (Å²) in [4.78, 5) is 12.0. The van der Waals surface area contributed by atoms with E-state index in [-0.39, 0.29) is 5.56 Å². The lowest BCUT2D eigenvalue weighted by Crippen LogP contribution is -2.10. The van der Waals surface area contributed by atoms with E-state index < -0.39 is 23.4 Å². The van der Waals surface area contributed by atoms with Crippen molar-refractivity contribution in [1.82, 2.24) is 0 Å². The molecule has 2 rings (SSSR count). The second-order valence-electron chi connectivity index (χ2n) is 5.04. The van der Waals surface area contributed by atoms with E-state index in [0.717, 1.165) is 18.4 Å². The number of hydrogen-bond acceptors (Lipinski definition) is 2. The van der Waals surface area contributed by atoms with Gasteiger partial charge in [-0.2, -0.15) is 4.39 Å². The number of benzene rings is 2. The lowest BCUT2D eigenvalue weighted by atomic mass is 10.1. The van der Waals surface area contributed by atoms with Crippen molar-refractivity contribution in [2.75, 3.05) is 0 Å². The molecular formula is C18H18F2O2. The molecule has 22 heavy (non-hydrogen) atoms. The van der Waals surface area contributed by atoms with Crippen LogP contribution in [0.5, 0.6) is 5.75 Å². The largest absolute Gasteiger partial charge is 0.420 e. The summed E-state index contributed by atoms with van der Waals surface area (Å²) in [5.41, 5.74) is 1.67. The molecule has 0 amide bonds. The van der Waals surface area contributed by atoms with Crippen molar-refractivity contribution in [3.05, 3.63) is 64.7 Å². The van der Waals surface area contributed by atoms with Crippen molar-refractivity contribution in [2.45, 2.75) is 33.1 Å². The fourth-order valence-electron chi connectivity index (χ4n) is 2.18. The summed E-state index contributed by atoms with van der Waals surface area (Å²) in [5, 5.41) is 0. The lowest BCUT2D eigenvalue weighted by Gasteiger charge is -2.08. The first kappa shape index (κ1) is 16.1. The minimum atomic E-state index is -1.13. The Kier molecular flexibility index (Phi) is 5.26. The van der Waals surface area contributed by atoms with Crippen LogP contribution < -0.4 is 4.74 Å². The van der Waals surface area contributed by atoms with Crippen LogP contribution in [-0.4, -0.2) is 5.97 Å². The molecule has 0 fully saturated rings. The van der Waals surface area contributed by atoms with Gasteiger partial charge in [-0.25, -0.2) is 9.18 Å². The van der Waals surface area contributed by atoms with Crippen molar-refractivity contribution >= 4 is 5.97 Å². The maximum Gasteiger partial charge on any atom is 0.343 e. The van der Waals surface area contributed by atoms with Crippen LogP contribution in [0.1, 0.15) is 41.8 Å². The van der Waals surface area contributed by atoms with Gasteiger partial charge >= 0.3 is 5.97 Å². The second-order valence-corrected chi connectivity index (χ2v) is 5.04. The zero-order valence-electron chi connectivity index (χ0n) is 12.7. The zero-order chi connectivity index (χ0) is 16.1. The summed E-state index contributed by atoms with van der Waals surface area (Å²) in [7, 11) is 0. The van der Waals surface area contributed by atoms with Crippen molar-refractivity contribution < 1.29 is 18.3 Å². The first-order chi connectivity index (χ1) is 10.6. The molecule has 0 aliphatic heterocycles. The second kappa shape index (κ2) is 7.16. The van der Waals surface area contributed by atoms with E-state index in [1.54, 1.807) is 19.1 Å². The molecule has 0 atom stereocenters. The Morgan fingerprint density at radius 2 is 1.68 bits per heavy atom. The summed E-state index contributed by atoms with van der Waals surface area (Å²) in [6, 6.07) is 9.62. The molecule has 0 saturated heterocycles. The average molecular weight is 304 g/mol. The summed E-state index contributed by atoms with van der Waals surface area (Å²) >= 11 is 0. The van der Waals surface area contributed by atoms with Gasteiger partial charge in [0.25, 0.3) is 0 Å². The Bertz CT molecular complexity index is 664. The Morgan fingerprint density at radius 1 is 1.00 bits per heavy atom. The third-order valence-electron chi connectivity index (χ3n) is 3.44. The lowest BCUT2D eigenvalue weighted by molar-refractivity contribution is 0.0726. The fourth-order valence-corrected chi connectivity index (χ4v) is 2.18. The first-order valence-corrected chi connectivity index (χ1v) is 7.34. The molecule has 0 radical (unpaired) electrons. The summed E-state index contributed by atoms with van der Waals surface area (Å²) < 4.78 is 32.5. The molecule has 0 unspecified atom stereocenters. The standard InChI is InChI=1S/C18H18F2O2/c1-3-5-12-6-8-14(9-7-12)18(21)22-15-11-10-13(4-2)16(19)17(15)20/h6-11H,3-5H2,1-2H3. The highest BCUT2D eigenvalue weighted by atomic mass is 19.2. The van der Waals surface area contributed by atoms with Crippen molar-refractivity contribution in [3.63, 3.8) is 0 Å². The number of carbonyl (C=O) groups excluding carboxylic acids is 1. The third-order valence-corrected chi connectivity index (χ3v) is 3.44. The molecular weight excluding hydrogens is 286 g/mol. The Balaban J connectivity index is 2.16. The number of esters is 1. The zero-order valence-corrected chi connectivity index (χ0v) is 12.7. The van der Waals surface area contributed by atoms with Gasteiger partial charge in [0.2, 0.25) is 5.82 Å². The molecule has 4 heteroatoms. The monoisotopic (exact) mass is 304 g/mol. The molecule has 0 aliphatic rings. The predicted octanol–water partition coefficient (Wildman–Crippen LogP) is 4.70. The van der Waals surface area contributed by atoms with E-state index in [1.165, 1.54) is 12.1 Å². The molecule has 0 spiro atoms. The highest BCUT2D eigenvalue weighted by molar-refractivity contribution is 5.91. The van der Waals surface area contributed by atoms with E-state index in [4.69, 9.17) is 4.74 Å². The van der Waals surface area contributed by atoms with Crippen LogP contribution >= 0.6 is 0 Å². The number of ether oxygens (including phenoxy) is 1. The van der Waals surface area contributed by atoms with Gasteiger partial charge < -0.3 is 4.74 Å². The van der Waals surface area contributed by atoms with Gasteiger partial charge in [0.1, 0.15) is 0 Å². The first-order valence-electron chi connectivity index (χ1n) is 7.34. The topological polar surface area (TPSA) is 26.3 Å². The Hall–Kier alpha value is -2.23. The van der Waals surface area contributed by atoms with Crippen LogP contribution in [0.25, 0.3) is 0 Å². The Morgan fingerprint density at radius 3 is 2.27 bits per heavy atom. The van der Waals surface area contributed by atoms with E-state index in [1.807, 2.05) is 12.1 Å². The molecule has 0 N–H and O–H groups in total. The number of carbonyl (C=O) groups is 1. The third kappa shape index (κ3) is 3.50. The van der Waals surface area contributed by atoms with Crippen molar-refractivity contribution in [2.24, 2.45) is 0 Å². The Labute approximate surface area is 128 Å². The molecule has 2 aromatic carbocycles. The van der Waals surface area contributed by atoms with E-state index >= 15 is 0 Å². The van der Waals surface area contributed by atoms with Crippen LogP contribution in [0.2, 0.25) is 0 Å². The minimum absolute atomic E-state index is 0.251. The highest BCUT2D eigenvalue weighted by Crippen LogP contribution is 2.24. The predicted molar refractivity (Wildman–Crippen MR) is 81.1 cm³/mol. The molecule has 0 aromatic heterocycles. The molecule has 116 valence electrons. The SMILES string of the molecule is CCCc1ccc(C(=O)Oc2ccc(CC)c(F)c2F)cc1. The fraction of sp³-hybridized carbons (Fsp3) is 0.278. The minimum Gasteiger partial charge on any atom is -0.420 e. The average Bonchev–Trinajstić information content (AvgIpc) is 2.53. The van der Waals surface area contributed by atoms with Crippen molar-refractivity contribution in [1.29, 1.82) is 0 Å². The van der Waals surface area contributed by atoms with Gasteiger partial charge in [0.15, 0.2) is 11.6 Å². The molecule has 0 heterocycles. The molecule has 2 aromatic rings. The maximum absolute atomic E-state index is 13.8. The molecule has 0 bridgehead atoms. The molecule has 0 aliphatic carbocycles. The van der Waals surface area contributed by atoms with E-state index in [2.05, 4.69) is 6.92 Å². The maximum atomic E-state index is 13.8. The smallest absolute Gasteiger partial charge is 0.343 e. The van der Waals surface area contributed by atoms with Gasteiger partial charge in [-0.05, 0) is 42.2 Å². The summed E-state index contributed by atoms with van der Waals surface area (Å²) in [6.07, 6.45) is 2.31. The van der Waals surface area contributed by atoms with Crippen LogP contribution in [0, 0.1) is 11.6 Å². The van der Waals surface area contributed by atoms with Crippen molar-refractivity contribution in [3.8, 4) is 5.75 Å². The normalized spacial score (nSPS) is 10.5. The van der Waals surface area contributed by atoms with Gasteiger partial charge in [-0.3, -0.25) is 0 Å². The summed E-state index contributed by atoms with van der Waals surface area (Å²) in [6.45, 7) is 3.79. The number of aryl methyl sites for hydroxylation is 2. The molecule has 2 nitrogen and oxygen atoms in total. The van der Waals surface area contributed by atoms with E-state index in [9.17, 15) is 13.6 Å². The van der Waals surface area contributed by atoms with Crippen LogP contribution in [-0.2, 0) is 12.8 Å². The van der Waals surface area contributed by atoms with Gasteiger partial charge in [0.05, 0.1) is 5.56 Å². The van der Waals surface area contributed by atoms with E-state index in [0.29, 0.717) is 12.0 Å². The number of rotatable bonds is 5. The number of hydrogen-bond donors (Lipinski definition) is 0.